The van der Waals surface area contributed by atoms with Crippen LogP contribution in [-0.4, -0.2) is 66.4 Å². The molecule has 1 aliphatic heterocycles. The number of piperazine rings is 1. The van der Waals surface area contributed by atoms with Crippen molar-refractivity contribution in [2.75, 3.05) is 43.4 Å². The third-order valence-corrected chi connectivity index (χ3v) is 4.95. The second-order valence-corrected chi connectivity index (χ2v) is 7.79. The molecule has 0 bridgehead atoms. The van der Waals surface area contributed by atoms with Crippen molar-refractivity contribution in [1.29, 1.82) is 0 Å². The molecule has 0 aromatic heterocycles. The highest BCUT2D eigenvalue weighted by Gasteiger charge is 2.23. The fourth-order valence-electron chi connectivity index (χ4n) is 2.90. The highest BCUT2D eigenvalue weighted by atomic mass is 16.2. The van der Waals surface area contributed by atoms with E-state index in [1.54, 1.807) is 29.2 Å². The summed E-state index contributed by atoms with van der Waals surface area (Å²) in [6, 6.07) is 7.11. The molecule has 160 valence electrons. The summed E-state index contributed by atoms with van der Waals surface area (Å²) in [6.07, 6.45) is 0.905. The van der Waals surface area contributed by atoms with Crippen LogP contribution in [0.1, 0.15) is 34.1 Å². The Balaban J connectivity index is 1.81. The molecule has 0 radical (unpaired) electrons. The molecule has 8 heteroatoms. The summed E-state index contributed by atoms with van der Waals surface area (Å²) in [5.74, 6) is -0.156. The van der Waals surface area contributed by atoms with Gasteiger partial charge in [-0.2, -0.15) is 0 Å². The summed E-state index contributed by atoms with van der Waals surface area (Å²) in [4.78, 5) is 40.2. The number of nitrogens with zero attached hydrogens (tertiary/aromatic N) is 2. The molecule has 4 amide bonds. The van der Waals surface area contributed by atoms with E-state index in [9.17, 15) is 14.4 Å². The molecule has 1 aromatic carbocycles. The predicted octanol–water partition coefficient (Wildman–Crippen LogP) is 2.35. The van der Waals surface area contributed by atoms with Crippen molar-refractivity contribution in [2.45, 2.75) is 40.2 Å². The number of carbonyl (C=O) groups is 3. The van der Waals surface area contributed by atoms with Crippen LogP contribution in [0.5, 0.6) is 0 Å². The van der Waals surface area contributed by atoms with E-state index in [1.807, 2.05) is 27.7 Å². The van der Waals surface area contributed by atoms with Crippen molar-refractivity contribution in [2.24, 2.45) is 5.92 Å². The topological polar surface area (TPSA) is 93.8 Å². The summed E-state index contributed by atoms with van der Waals surface area (Å²) in [6.45, 7) is 10.5. The predicted molar refractivity (Wildman–Crippen MR) is 115 cm³/mol. The molecule has 1 saturated heterocycles. The van der Waals surface area contributed by atoms with Crippen molar-refractivity contribution >= 4 is 29.2 Å². The molecular weight excluding hydrogens is 370 g/mol. The first-order valence-corrected chi connectivity index (χ1v) is 10.3. The minimum Gasteiger partial charge on any atom is -0.353 e. The van der Waals surface area contributed by atoms with Crippen LogP contribution in [0.3, 0.4) is 0 Å². The molecule has 3 N–H and O–H groups in total. The van der Waals surface area contributed by atoms with Crippen LogP contribution in [0, 0.1) is 5.92 Å². The van der Waals surface area contributed by atoms with Gasteiger partial charge in [-0.05, 0) is 31.5 Å². The zero-order valence-electron chi connectivity index (χ0n) is 17.8. The van der Waals surface area contributed by atoms with Gasteiger partial charge < -0.3 is 20.9 Å². The van der Waals surface area contributed by atoms with Gasteiger partial charge in [0, 0.05) is 49.5 Å². The molecule has 1 heterocycles. The zero-order chi connectivity index (χ0) is 21.4. The lowest BCUT2D eigenvalue weighted by molar-refractivity contribution is -0.123. The molecule has 2 rings (SSSR count). The Morgan fingerprint density at radius 3 is 2.21 bits per heavy atom. The quantitative estimate of drug-likeness (QED) is 0.651. The minimum absolute atomic E-state index is 0.0255. The standard InChI is InChI=1S/C21H33N5O3/c1-5-16(4)22-19(27)14-25-9-11-26(12-10-25)21(29)24-18-8-6-7-17(13-18)23-20(28)15(2)3/h6-8,13,15-16H,5,9-12,14H2,1-4H3,(H,22,27)(H,23,28)(H,24,29). The maximum absolute atomic E-state index is 12.6. The Hall–Kier alpha value is -2.61. The fourth-order valence-corrected chi connectivity index (χ4v) is 2.90. The average molecular weight is 404 g/mol. The van der Waals surface area contributed by atoms with Gasteiger partial charge in [0.1, 0.15) is 0 Å². The number of nitrogens with one attached hydrogen (secondary N) is 3. The molecule has 1 atom stereocenters. The van der Waals surface area contributed by atoms with E-state index < -0.39 is 0 Å². The molecule has 0 spiro atoms. The lowest BCUT2D eigenvalue weighted by Gasteiger charge is -2.34. The summed E-state index contributed by atoms with van der Waals surface area (Å²) >= 11 is 0. The number of carbonyl (C=O) groups excluding carboxylic acids is 3. The van der Waals surface area contributed by atoms with Crippen molar-refractivity contribution in [3.8, 4) is 0 Å². The Kier molecular flexibility index (Phi) is 8.45. The monoisotopic (exact) mass is 403 g/mol. The van der Waals surface area contributed by atoms with E-state index in [-0.39, 0.29) is 29.8 Å². The molecule has 8 nitrogen and oxygen atoms in total. The fraction of sp³-hybridized carbons (Fsp3) is 0.571. The van der Waals surface area contributed by atoms with Gasteiger partial charge in [0.2, 0.25) is 11.8 Å². The van der Waals surface area contributed by atoms with Crippen LogP contribution in [0.25, 0.3) is 0 Å². The third-order valence-electron chi connectivity index (χ3n) is 4.95. The summed E-state index contributed by atoms with van der Waals surface area (Å²) in [5.41, 5.74) is 1.28. The summed E-state index contributed by atoms with van der Waals surface area (Å²) < 4.78 is 0. The van der Waals surface area contributed by atoms with Crippen LogP contribution in [0.15, 0.2) is 24.3 Å². The molecule has 1 aliphatic rings. The number of urea groups is 1. The highest BCUT2D eigenvalue weighted by Crippen LogP contribution is 2.17. The first kappa shape index (κ1) is 22.7. The lowest BCUT2D eigenvalue weighted by atomic mass is 10.2. The summed E-state index contributed by atoms with van der Waals surface area (Å²) in [7, 11) is 0. The normalized spacial score (nSPS) is 15.7. The maximum Gasteiger partial charge on any atom is 0.321 e. The lowest BCUT2D eigenvalue weighted by Crippen LogP contribution is -2.52. The van der Waals surface area contributed by atoms with Gasteiger partial charge in [-0.1, -0.05) is 26.8 Å². The first-order chi connectivity index (χ1) is 13.8. The van der Waals surface area contributed by atoms with Gasteiger partial charge in [-0.3, -0.25) is 14.5 Å². The van der Waals surface area contributed by atoms with Crippen LogP contribution in [-0.2, 0) is 9.59 Å². The molecule has 0 saturated carbocycles. The Bertz CT molecular complexity index is 714. The van der Waals surface area contributed by atoms with E-state index in [2.05, 4.69) is 20.9 Å². The second-order valence-electron chi connectivity index (χ2n) is 7.79. The average Bonchev–Trinajstić information content (AvgIpc) is 2.68. The van der Waals surface area contributed by atoms with Gasteiger partial charge in [-0.15, -0.1) is 0 Å². The smallest absolute Gasteiger partial charge is 0.321 e. The van der Waals surface area contributed by atoms with Gasteiger partial charge in [0.15, 0.2) is 0 Å². The first-order valence-electron chi connectivity index (χ1n) is 10.3. The Morgan fingerprint density at radius 1 is 1.00 bits per heavy atom. The van der Waals surface area contributed by atoms with Crippen molar-refractivity contribution in [3.05, 3.63) is 24.3 Å². The van der Waals surface area contributed by atoms with Gasteiger partial charge in [0.05, 0.1) is 6.54 Å². The molecule has 29 heavy (non-hydrogen) atoms. The van der Waals surface area contributed by atoms with Crippen molar-refractivity contribution in [1.82, 2.24) is 15.1 Å². The molecule has 1 unspecified atom stereocenters. The number of hydrogen-bond donors (Lipinski definition) is 3. The molecule has 1 aromatic rings. The highest BCUT2D eigenvalue weighted by molar-refractivity contribution is 5.94. The van der Waals surface area contributed by atoms with Crippen LogP contribution >= 0.6 is 0 Å². The van der Waals surface area contributed by atoms with Gasteiger partial charge >= 0.3 is 6.03 Å². The number of anilines is 2. The van der Waals surface area contributed by atoms with Crippen molar-refractivity contribution in [3.63, 3.8) is 0 Å². The third kappa shape index (κ3) is 7.38. The minimum atomic E-state index is -0.180. The molecule has 1 fully saturated rings. The van der Waals surface area contributed by atoms with E-state index in [0.717, 1.165) is 6.42 Å². The van der Waals surface area contributed by atoms with E-state index >= 15 is 0 Å². The van der Waals surface area contributed by atoms with Crippen LogP contribution < -0.4 is 16.0 Å². The van der Waals surface area contributed by atoms with E-state index in [4.69, 9.17) is 0 Å². The van der Waals surface area contributed by atoms with Crippen LogP contribution in [0.4, 0.5) is 16.2 Å². The van der Waals surface area contributed by atoms with Crippen LogP contribution in [0.2, 0.25) is 0 Å². The maximum atomic E-state index is 12.6. The van der Waals surface area contributed by atoms with Crippen molar-refractivity contribution < 1.29 is 14.4 Å². The number of benzene rings is 1. The number of rotatable bonds is 7. The van der Waals surface area contributed by atoms with Gasteiger partial charge in [0.25, 0.3) is 0 Å². The zero-order valence-corrected chi connectivity index (χ0v) is 17.8. The van der Waals surface area contributed by atoms with E-state index in [0.29, 0.717) is 44.1 Å². The SMILES string of the molecule is CCC(C)NC(=O)CN1CCN(C(=O)Nc2cccc(NC(=O)C(C)C)c2)CC1. The Morgan fingerprint density at radius 2 is 1.62 bits per heavy atom. The Labute approximate surface area is 173 Å². The molecular formula is C21H33N5O3. The summed E-state index contributed by atoms with van der Waals surface area (Å²) in [5, 5.41) is 8.68. The van der Waals surface area contributed by atoms with E-state index in [1.165, 1.54) is 0 Å². The number of amides is 4. The number of hydrogen-bond acceptors (Lipinski definition) is 4. The molecule has 0 aliphatic carbocycles. The van der Waals surface area contributed by atoms with Gasteiger partial charge in [-0.25, -0.2) is 4.79 Å². The second kappa shape index (κ2) is 10.8. The largest absolute Gasteiger partial charge is 0.353 e.